The number of benzene rings is 2. The van der Waals surface area contributed by atoms with Crippen LogP contribution in [0.25, 0.3) is 0 Å². The summed E-state index contributed by atoms with van der Waals surface area (Å²) >= 11 is 6.32. The predicted octanol–water partition coefficient (Wildman–Crippen LogP) is 4.11. The average molecular weight is 342 g/mol. The van der Waals surface area contributed by atoms with E-state index in [1.54, 1.807) is 18.0 Å². The number of carbonyl (C=O) groups excluding carboxylic acids is 1. The van der Waals surface area contributed by atoms with Crippen molar-refractivity contribution in [1.29, 1.82) is 0 Å². The van der Waals surface area contributed by atoms with Crippen LogP contribution in [0.5, 0.6) is 0 Å². The monoisotopic (exact) mass is 341 g/mol. The first-order valence-electron chi connectivity index (χ1n) is 7.97. The Morgan fingerprint density at radius 3 is 2.58 bits per heavy atom. The maximum atomic E-state index is 11.9. The molecule has 0 radical (unpaired) electrons. The Kier molecular flexibility index (Phi) is 4.86. The molecule has 1 aliphatic carbocycles. The Morgan fingerprint density at radius 1 is 1.25 bits per heavy atom. The van der Waals surface area contributed by atoms with Crippen LogP contribution in [0.1, 0.15) is 29.9 Å². The number of amidine groups is 1. The number of halogens is 1. The van der Waals surface area contributed by atoms with Gasteiger partial charge in [0.25, 0.3) is 0 Å². The van der Waals surface area contributed by atoms with Crippen LogP contribution in [-0.4, -0.2) is 26.3 Å². The molecule has 0 unspecified atom stereocenters. The van der Waals surface area contributed by atoms with E-state index in [9.17, 15) is 4.79 Å². The third-order valence-electron chi connectivity index (χ3n) is 4.26. The first-order chi connectivity index (χ1) is 11.7. The van der Waals surface area contributed by atoms with Crippen LogP contribution in [0.15, 0.2) is 47.5 Å². The van der Waals surface area contributed by atoms with E-state index in [0.29, 0.717) is 16.6 Å². The first kappa shape index (κ1) is 16.5. The lowest BCUT2D eigenvalue weighted by atomic mass is 10.0. The molecule has 1 saturated carbocycles. The van der Waals surface area contributed by atoms with E-state index in [1.165, 1.54) is 18.4 Å². The fraction of sp³-hybridized carbons (Fsp3) is 0.263. The minimum absolute atomic E-state index is 0.534. The smallest absolute Gasteiger partial charge is 0.218 e. The normalized spacial score (nSPS) is 14.4. The fourth-order valence-corrected chi connectivity index (χ4v) is 3.10. The molecule has 0 bridgehead atoms. The number of hydrogen-bond donors (Lipinski definition) is 1. The molecule has 0 aliphatic heterocycles. The van der Waals surface area contributed by atoms with Gasteiger partial charge in [0, 0.05) is 19.7 Å². The number of nitrogens with one attached hydrogen (secondary N) is 1. The zero-order valence-electron chi connectivity index (χ0n) is 13.8. The Morgan fingerprint density at radius 2 is 2.00 bits per heavy atom. The summed E-state index contributed by atoms with van der Waals surface area (Å²) in [5, 5.41) is 3.63. The lowest BCUT2D eigenvalue weighted by Crippen LogP contribution is -2.24. The number of carbonyl (C=O) groups is 1. The lowest BCUT2D eigenvalue weighted by molar-refractivity contribution is -0.106. The van der Waals surface area contributed by atoms with Crippen molar-refractivity contribution < 1.29 is 4.79 Å². The topological polar surface area (TPSA) is 44.7 Å². The minimum Gasteiger partial charge on any atom is -0.373 e. The molecule has 0 saturated heterocycles. The van der Waals surface area contributed by atoms with Crippen molar-refractivity contribution >= 4 is 35.2 Å². The van der Waals surface area contributed by atoms with Crippen LogP contribution in [0.2, 0.25) is 5.02 Å². The summed E-state index contributed by atoms with van der Waals surface area (Å²) in [7, 11) is 3.55. The lowest BCUT2D eigenvalue weighted by Gasteiger charge is -2.23. The second kappa shape index (κ2) is 7.05. The predicted molar refractivity (Wildman–Crippen MR) is 99.6 cm³/mol. The molecule has 4 nitrogen and oxygen atoms in total. The molecule has 124 valence electrons. The zero-order chi connectivity index (χ0) is 17.1. The highest BCUT2D eigenvalue weighted by Gasteiger charge is 2.26. The maximum absolute atomic E-state index is 11.9. The van der Waals surface area contributed by atoms with Gasteiger partial charge in [-0.3, -0.25) is 14.7 Å². The molecular formula is C19H20ClN3O. The number of para-hydroxylation sites is 1. The van der Waals surface area contributed by atoms with Crippen molar-refractivity contribution in [1.82, 2.24) is 5.32 Å². The average Bonchev–Trinajstić information content (AvgIpc) is 3.44. The number of nitrogens with zero attached hydrogens (tertiary/aromatic N) is 2. The van der Waals surface area contributed by atoms with Crippen molar-refractivity contribution in [3.8, 4) is 0 Å². The highest BCUT2D eigenvalue weighted by Crippen LogP contribution is 2.43. The van der Waals surface area contributed by atoms with E-state index in [0.717, 1.165) is 23.5 Å². The summed E-state index contributed by atoms with van der Waals surface area (Å²) in [5.41, 5.74) is 3.57. The van der Waals surface area contributed by atoms with Crippen LogP contribution >= 0.6 is 11.6 Å². The van der Waals surface area contributed by atoms with Gasteiger partial charge in [-0.15, -0.1) is 0 Å². The molecule has 3 rings (SSSR count). The molecule has 0 aromatic heterocycles. The summed E-state index contributed by atoms with van der Waals surface area (Å²) < 4.78 is 0. The SMILES string of the molecule is C/N=C(/NC)c1ccc(C2CC2)cc1N(C=O)c1ccccc1Cl. The Hall–Kier alpha value is -2.33. The number of amides is 1. The molecule has 1 fully saturated rings. The molecule has 2 aromatic carbocycles. The van der Waals surface area contributed by atoms with Crippen LogP contribution in [0.4, 0.5) is 11.4 Å². The molecule has 0 atom stereocenters. The summed E-state index contributed by atoms with van der Waals surface area (Å²) in [6.45, 7) is 0. The van der Waals surface area contributed by atoms with Gasteiger partial charge in [0.05, 0.1) is 16.4 Å². The largest absolute Gasteiger partial charge is 0.373 e. The maximum Gasteiger partial charge on any atom is 0.218 e. The fourth-order valence-electron chi connectivity index (χ4n) is 2.88. The summed E-state index contributed by atoms with van der Waals surface area (Å²) in [6.07, 6.45) is 3.21. The van der Waals surface area contributed by atoms with Crippen molar-refractivity contribution in [3.05, 3.63) is 58.6 Å². The minimum atomic E-state index is 0.534. The Labute approximate surface area is 147 Å². The molecule has 1 amide bonds. The third-order valence-corrected chi connectivity index (χ3v) is 4.58. The van der Waals surface area contributed by atoms with Gasteiger partial charge in [0.15, 0.2) is 0 Å². The van der Waals surface area contributed by atoms with Crippen molar-refractivity contribution in [3.63, 3.8) is 0 Å². The Balaban J connectivity index is 2.16. The van der Waals surface area contributed by atoms with Gasteiger partial charge in [0.2, 0.25) is 6.41 Å². The highest BCUT2D eigenvalue weighted by molar-refractivity contribution is 6.34. The standard InChI is InChI=1S/C19H20ClN3O/c1-21-19(22-2)15-10-9-14(13-7-8-13)11-18(15)23(12-24)17-6-4-3-5-16(17)20/h3-6,9-13H,7-8H2,1-2H3,(H,21,22). The van der Waals surface area contributed by atoms with Gasteiger partial charge in [-0.05, 0) is 48.6 Å². The summed E-state index contributed by atoms with van der Waals surface area (Å²) in [6, 6.07) is 13.6. The van der Waals surface area contributed by atoms with Crippen molar-refractivity contribution in [2.45, 2.75) is 18.8 Å². The van der Waals surface area contributed by atoms with E-state index >= 15 is 0 Å². The molecule has 0 spiro atoms. The van der Waals surface area contributed by atoms with Crippen LogP contribution in [-0.2, 0) is 4.79 Å². The van der Waals surface area contributed by atoms with Gasteiger partial charge in [0.1, 0.15) is 5.84 Å². The zero-order valence-corrected chi connectivity index (χ0v) is 14.5. The Bertz CT molecular complexity index is 784. The van der Waals surface area contributed by atoms with Gasteiger partial charge >= 0.3 is 0 Å². The van der Waals surface area contributed by atoms with Crippen molar-refractivity contribution in [2.75, 3.05) is 19.0 Å². The van der Waals surface area contributed by atoms with Crippen molar-refractivity contribution in [2.24, 2.45) is 4.99 Å². The second-order valence-corrected chi connectivity index (χ2v) is 6.21. The number of aliphatic imine (C=N–C) groups is 1. The van der Waals surface area contributed by atoms with E-state index in [2.05, 4.69) is 22.4 Å². The van der Waals surface area contributed by atoms with Gasteiger partial charge < -0.3 is 5.32 Å². The number of hydrogen-bond acceptors (Lipinski definition) is 2. The summed E-state index contributed by atoms with van der Waals surface area (Å²) in [4.78, 5) is 17.8. The van der Waals surface area contributed by atoms with Crippen LogP contribution in [0, 0.1) is 0 Å². The van der Waals surface area contributed by atoms with E-state index < -0.39 is 0 Å². The van der Waals surface area contributed by atoms with Gasteiger partial charge in [-0.1, -0.05) is 29.8 Å². The molecule has 24 heavy (non-hydrogen) atoms. The second-order valence-electron chi connectivity index (χ2n) is 5.80. The van der Waals surface area contributed by atoms with E-state index in [1.807, 2.05) is 31.3 Å². The third kappa shape index (κ3) is 3.15. The number of rotatable bonds is 5. The summed E-state index contributed by atoms with van der Waals surface area (Å²) in [5.74, 6) is 1.32. The van der Waals surface area contributed by atoms with Crippen LogP contribution < -0.4 is 10.2 Å². The molecule has 1 aliphatic rings. The molecular weight excluding hydrogens is 322 g/mol. The quantitative estimate of drug-likeness (QED) is 0.505. The van der Waals surface area contributed by atoms with E-state index in [4.69, 9.17) is 11.6 Å². The molecule has 0 heterocycles. The van der Waals surface area contributed by atoms with E-state index in [-0.39, 0.29) is 0 Å². The van der Waals surface area contributed by atoms with Gasteiger partial charge in [-0.2, -0.15) is 0 Å². The molecule has 2 aromatic rings. The molecule has 1 N–H and O–H groups in total. The highest BCUT2D eigenvalue weighted by atomic mass is 35.5. The number of anilines is 2. The molecule has 5 heteroatoms. The van der Waals surface area contributed by atoms with Gasteiger partial charge in [-0.25, -0.2) is 0 Å². The first-order valence-corrected chi connectivity index (χ1v) is 8.35. The van der Waals surface area contributed by atoms with Crippen LogP contribution in [0.3, 0.4) is 0 Å².